The highest BCUT2D eigenvalue weighted by molar-refractivity contribution is 5.27. The Morgan fingerprint density at radius 3 is 2.30 bits per heavy atom. The van der Waals surface area contributed by atoms with Crippen molar-refractivity contribution in [2.75, 3.05) is 26.9 Å². The number of hydrogen-bond donors (Lipinski definition) is 1. The third-order valence-electron chi connectivity index (χ3n) is 5.85. The van der Waals surface area contributed by atoms with Crippen LogP contribution < -0.4 is 16.0 Å². The lowest BCUT2D eigenvalue weighted by Gasteiger charge is -2.30. The van der Waals surface area contributed by atoms with Crippen LogP contribution in [0.5, 0.6) is 5.75 Å². The second-order valence-electron chi connectivity index (χ2n) is 8.87. The molecule has 1 heterocycles. The molecule has 0 aliphatic heterocycles. The summed E-state index contributed by atoms with van der Waals surface area (Å²) in [5.41, 5.74) is -0.612. The quantitative estimate of drug-likeness (QED) is 0.235. The van der Waals surface area contributed by atoms with E-state index in [0.717, 1.165) is 34.8 Å². The average Bonchev–Trinajstić information content (AvgIpc) is 2.89. The minimum absolute atomic E-state index is 0.0252. The van der Waals surface area contributed by atoms with Crippen molar-refractivity contribution < 1.29 is 28.4 Å². The van der Waals surface area contributed by atoms with Crippen molar-refractivity contribution in [3.63, 3.8) is 0 Å². The Bertz CT molecular complexity index is 1020. The van der Waals surface area contributed by atoms with Crippen molar-refractivity contribution in [3.05, 3.63) is 62.9 Å². The molecule has 37 heavy (non-hydrogen) atoms. The predicted molar refractivity (Wildman–Crippen MR) is 139 cm³/mol. The highest BCUT2D eigenvalue weighted by atomic mass is 19.1. The first-order valence-electron chi connectivity index (χ1n) is 12.9. The average molecular weight is 525 g/mol. The van der Waals surface area contributed by atoms with Gasteiger partial charge >= 0.3 is 5.69 Å². The molecule has 0 aliphatic carbocycles. The van der Waals surface area contributed by atoms with Crippen LogP contribution in [0.3, 0.4) is 0 Å². The number of hydrogen-bond acceptors (Lipinski definition) is 7. The molecule has 0 amide bonds. The molecule has 9 nitrogen and oxygen atoms in total. The Morgan fingerprint density at radius 2 is 1.68 bits per heavy atom. The van der Waals surface area contributed by atoms with Gasteiger partial charge in [-0.05, 0) is 43.9 Å². The summed E-state index contributed by atoms with van der Waals surface area (Å²) < 4.78 is 40.1. The van der Waals surface area contributed by atoms with Gasteiger partial charge in [0.1, 0.15) is 5.75 Å². The molecule has 0 fully saturated rings. The highest BCUT2D eigenvalue weighted by Crippen LogP contribution is 2.24. The summed E-state index contributed by atoms with van der Waals surface area (Å²) in [6.45, 7) is 6.56. The number of aliphatic hydroxyl groups is 1. The van der Waals surface area contributed by atoms with Gasteiger partial charge in [-0.1, -0.05) is 38.8 Å². The molecule has 0 spiro atoms. The van der Waals surface area contributed by atoms with Gasteiger partial charge in [0.25, 0.3) is 5.56 Å². The molecule has 0 bridgehead atoms. The molecule has 1 unspecified atom stereocenters. The summed E-state index contributed by atoms with van der Waals surface area (Å²) in [4.78, 5) is 25.9. The maximum Gasteiger partial charge on any atom is 0.333 e. The summed E-state index contributed by atoms with van der Waals surface area (Å²) in [5, 5.41) is 9.95. The molecule has 208 valence electrons. The molecule has 0 aliphatic rings. The van der Waals surface area contributed by atoms with Gasteiger partial charge in [0, 0.05) is 32.1 Å². The van der Waals surface area contributed by atoms with Gasteiger partial charge in [0.2, 0.25) is 0 Å². The molecule has 1 aromatic heterocycles. The van der Waals surface area contributed by atoms with Gasteiger partial charge in [-0.25, -0.2) is 9.18 Å². The van der Waals surface area contributed by atoms with Crippen LogP contribution in [0.25, 0.3) is 0 Å². The van der Waals surface area contributed by atoms with Crippen LogP contribution in [0.4, 0.5) is 4.39 Å². The zero-order valence-electron chi connectivity index (χ0n) is 22.3. The van der Waals surface area contributed by atoms with E-state index >= 15 is 4.39 Å². The number of ether oxygens (including phenoxy) is 4. The summed E-state index contributed by atoms with van der Waals surface area (Å²) in [6.07, 6.45) is -0.692. The summed E-state index contributed by atoms with van der Waals surface area (Å²) in [6, 6.07) is 8.09. The summed E-state index contributed by atoms with van der Waals surface area (Å²) in [5.74, 6) is 0.639. The van der Waals surface area contributed by atoms with Crippen molar-refractivity contribution >= 4 is 0 Å². The fraction of sp³-hybridized carbons (Fsp3) is 0.630. The lowest BCUT2D eigenvalue weighted by Crippen LogP contribution is -2.46. The van der Waals surface area contributed by atoms with Gasteiger partial charge in [0.05, 0.1) is 19.8 Å². The van der Waals surface area contributed by atoms with Crippen molar-refractivity contribution in [3.8, 4) is 5.75 Å². The van der Waals surface area contributed by atoms with E-state index in [1.165, 1.54) is 19.2 Å². The van der Waals surface area contributed by atoms with Crippen LogP contribution in [-0.4, -0.2) is 59.7 Å². The Kier molecular flexibility index (Phi) is 13.6. The Balaban J connectivity index is 2.35. The SMILES string of the molecule is CCCCOCC[C@@H](OCCCC)[C@@H](F)[C@@H](OC(C)O)n1ccc(=O)n(Cc2ccc(OC)cc2)c1=O. The first kappa shape index (κ1) is 30.7. The van der Waals surface area contributed by atoms with E-state index in [1.807, 2.05) is 6.92 Å². The standard InChI is InChI=1S/C27H41FN2O7/c1-5-7-16-35-18-14-23(36-17-8-6-2)25(28)26(37-20(3)31)29-15-13-24(32)30(27(29)33)19-21-9-11-22(34-4)12-10-21/h9-13,15,20,23,25-26,31H,5-8,14,16-19H2,1-4H3/t20?,23-,25-,26-/m1/s1. The minimum Gasteiger partial charge on any atom is -0.497 e. The van der Waals surface area contributed by atoms with Crippen molar-refractivity contribution in [1.29, 1.82) is 0 Å². The molecular weight excluding hydrogens is 483 g/mol. The number of rotatable bonds is 18. The molecule has 2 rings (SSSR count). The molecule has 2 aromatic rings. The third kappa shape index (κ3) is 9.70. The second-order valence-corrected chi connectivity index (χ2v) is 8.87. The number of benzene rings is 1. The number of halogens is 1. The fourth-order valence-electron chi connectivity index (χ4n) is 3.73. The zero-order chi connectivity index (χ0) is 27.2. The fourth-order valence-corrected chi connectivity index (χ4v) is 3.73. The van der Waals surface area contributed by atoms with Gasteiger partial charge in [-0.3, -0.25) is 13.9 Å². The molecule has 0 saturated heterocycles. The third-order valence-corrected chi connectivity index (χ3v) is 5.85. The minimum atomic E-state index is -1.81. The van der Waals surface area contributed by atoms with E-state index in [-0.39, 0.29) is 19.6 Å². The first-order chi connectivity index (χ1) is 17.8. The number of aromatic nitrogens is 2. The molecule has 0 saturated carbocycles. The molecule has 1 aromatic carbocycles. The maximum atomic E-state index is 16.0. The lowest BCUT2D eigenvalue weighted by atomic mass is 10.1. The smallest absolute Gasteiger partial charge is 0.333 e. The molecule has 10 heteroatoms. The zero-order valence-corrected chi connectivity index (χ0v) is 22.3. The molecule has 4 atom stereocenters. The number of aliphatic hydroxyl groups excluding tert-OH is 1. The monoisotopic (exact) mass is 524 g/mol. The highest BCUT2D eigenvalue weighted by Gasteiger charge is 2.34. The van der Waals surface area contributed by atoms with E-state index in [4.69, 9.17) is 18.9 Å². The Morgan fingerprint density at radius 1 is 1.00 bits per heavy atom. The Labute approximate surface area is 217 Å². The molecule has 0 radical (unpaired) electrons. The van der Waals surface area contributed by atoms with E-state index in [1.54, 1.807) is 31.4 Å². The number of alkyl halides is 1. The number of nitrogens with zero attached hydrogens (tertiary/aromatic N) is 2. The van der Waals surface area contributed by atoms with E-state index in [2.05, 4.69) is 6.92 Å². The predicted octanol–water partition coefficient (Wildman–Crippen LogP) is 3.65. The number of unbranched alkanes of at least 4 members (excludes halogenated alkanes) is 2. The number of methoxy groups -OCH3 is 1. The topological polar surface area (TPSA) is 101 Å². The van der Waals surface area contributed by atoms with Gasteiger partial charge < -0.3 is 24.1 Å². The van der Waals surface area contributed by atoms with Crippen LogP contribution in [0, 0.1) is 0 Å². The van der Waals surface area contributed by atoms with Gasteiger partial charge in [-0.15, -0.1) is 0 Å². The van der Waals surface area contributed by atoms with Gasteiger partial charge in [0.15, 0.2) is 18.7 Å². The van der Waals surface area contributed by atoms with Crippen LogP contribution in [-0.2, 0) is 20.8 Å². The normalized spacial score (nSPS) is 14.8. The van der Waals surface area contributed by atoms with Gasteiger partial charge in [-0.2, -0.15) is 0 Å². The van der Waals surface area contributed by atoms with E-state index in [9.17, 15) is 14.7 Å². The molecule has 1 N–H and O–H groups in total. The van der Waals surface area contributed by atoms with Crippen molar-refractivity contribution in [2.24, 2.45) is 0 Å². The van der Waals surface area contributed by atoms with E-state index in [0.29, 0.717) is 24.5 Å². The van der Waals surface area contributed by atoms with Crippen LogP contribution in [0.2, 0.25) is 0 Å². The van der Waals surface area contributed by atoms with Crippen LogP contribution in [0.15, 0.2) is 46.1 Å². The first-order valence-corrected chi connectivity index (χ1v) is 12.9. The van der Waals surface area contributed by atoms with Crippen molar-refractivity contribution in [2.45, 2.75) is 84.2 Å². The molecular formula is C27H41FN2O7. The van der Waals surface area contributed by atoms with Crippen molar-refractivity contribution in [1.82, 2.24) is 9.13 Å². The van der Waals surface area contributed by atoms with Crippen LogP contribution >= 0.6 is 0 Å². The second kappa shape index (κ2) is 16.3. The maximum absolute atomic E-state index is 16.0. The summed E-state index contributed by atoms with van der Waals surface area (Å²) >= 11 is 0. The largest absolute Gasteiger partial charge is 0.497 e. The summed E-state index contributed by atoms with van der Waals surface area (Å²) in [7, 11) is 1.54. The lowest BCUT2D eigenvalue weighted by molar-refractivity contribution is -0.193. The van der Waals surface area contributed by atoms with Crippen LogP contribution in [0.1, 0.15) is 64.7 Å². The Hall–Kier alpha value is -2.53. The van der Waals surface area contributed by atoms with E-state index < -0.39 is 36.0 Å².